The first-order valence-electron chi connectivity index (χ1n) is 6.89. The molecule has 3 rings (SSSR count). The largest absolute Gasteiger partial charge is 0.325 e. The molecule has 0 fully saturated rings. The average Bonchev–Trinajstić information content (AvgIpc) is 2.90. The van der Waals surface area contributed by atoms with Gasteiger partial charge in [0.15, 0.2) is 0 Å². The van der Waals surface area contributed by atoms with Crippen LogP contribution in [-0.4, -0.2) is 16.5 Å². The van der Waals surface area contributed by atoms with Gasteiger partial charge in [0.2, 0.25) is 0 Å². The third-order valence-electron chi connectivity index (χ3n) is 3.72. The van der Waals surface area contributed by atoms with Crippen LogP contribution in [0.25, 0.3) is 0 Å². The van der Waals surface area contributed by atoms with Gasteiger partial charge < -0.3 is 10.3 Å². The standard InChI is InChI=1S/C15H19N5/c1-10(2)13-14(19-16)17-9-18-15(13)20-8-7-11-5-3-4-6-12(11)20/h3-6,9-10H,7-8,16H2,1-2H3,(H,17,18,19). The first-order chi connectivity index (χ1) is 9.72. The monoisotopic (exact) mass is 269 g/mol. The Morgan fingerprint density at radius 1 is 1.25 bits per heavy atom. The molecule has 0 unspecified atom stereocenters. The number of fused-ring (bicyclic) bond motifs is 1. The van der Waals surface area contributed by atoms with Crippen LogP contribution in [0.3, 0.4) is 0 Å². The molecule has 5 nitrogen and oxygen atoms in total. The summed E-state index contributed by atoms with van der Waals surface area (Å²) in [5.74, 6) is 7.54. The van der Waals surface area contributed by atoms with E-state index in [2.05, 4.69) is 58.4 Å². The van der Waals surface area contributed by atoms with Crippen molar-refractivity contribution in [1.82, 2.24) is 9.97 Å². The van der Waals surface area contributed by atoms with Crippen molar-refractivity contribution in [2.45, 2.75) is 26.2 Å². The maximum atomic E-state index is 5.59. The molecule has 0 saturated carbocycles. The van der Waals surface area contributed by atoms with Crippen LogP contribution in [0.4, 0.5) is 17.3 Å². The van der Waals surface area contributed by atoms with Gasteiger partial charge in [-0.2, -0.15) is 0 Å². The third-order valence-corrected chi connectivity index (χ3v) is 3.72. The fourth-order valence-corrected chi connectivity index (χ4v) is 2.81. The molecule has 1 aliphatic heterocycles. The second kappa shape index (κ2) is 5.09. The Kier molecular flexibility index (Phi) is 3.28. The van der Waals surface area contributed by atoms with E-state index < -0.39 is 0 Å². The van der Waals surface area contributed by atoms with Gasteiger partial charge in [-0.3, -0.25) is 0 Å². The summed E-state index contributed by atoms with van der Waals surface area (Å²) in [4.78, 5) is 11.0. The van der Waals surface area contributed by atoms with Crippen molar-refractivity contribution >= 4 is 17.3 Å². The normalized spacial score (nSPS) is 13.7. The minimum absolute atomic E-state index is 0.296. The van der Waals surface area contributed by atoms with Crippen molar-refractivity contribution < 1.29 is 0 Å². The molecule has 5 heteroatoms. The first-order valence-corrected chi connectivity index (χ1v) is 6.89. The van der Waals surface area contributed by atoms with Crippen molar-refractivity contribution in [1.29, 1.82) is 0 Å². The molecule has 1 aromatic carbocycles. The fraction of sp³-hybridized carbons (Fsp3) is 0.333. The van der Waals surface area contributed by atoms with Gasteiger partial charge >= 0.3 is 0 Å². The number of anilines is 3. The van der Waals surface area contributed by atoms with Crippen LogP contribution in [0, 0.1) is 0 Å². The van der Waals surface area contributed by atoms with E-state index in [9.17, 15) is 0 Å². The Labute approximate surface area is 118 Å². The average molecular weight is 269 g/mol. The lowest BCUT2D eigenvalue weighted by Gasteiger charge is -2.24. The van der Waals surface area contributed by atoms with E-state index >= 15 is 0 Å². The molecule has 104 valence electrons. The number of nitrogens with two attached hydrogens (primary N) is 1. The molecular weight excluding hydrogens is 250 g/mol. The quantitative estimate of drug-likeness (QED) is 0.662. The van der Waals surface area contributed by atoms with Crippen LogP contribution in [0.5, 0.6) is 0 Å². The molecule has 0 atom stereocenters. The van der Waals surface area contributed by atoms with Crippen LogP contribution in [0.15, 0.2) is 30.6 Å². The molecule has 0 aliphatic carbocycles. The van der Waals surface area contributed by atoms with Crippen LogP contribution in [0.1, 0.15) is 30.9 Å². The number of benzene rings is 1. The minimum Gasteiger partial charge on any atom is -0.325 e. The molecule has 1 aromatic heterocycles. The smallest absolute Gasteiger partial charge is 0.148 e. The second-order valence-corrected chi connectivity index (χ2v) is 5.29. The number of aromatic nitrogens is 2. The lowest BCUT2D eigenvalue weighted by molar-refractivity contribution is 0.830. The molecule has 0 bridgehead atoms. The number of para-hydroxylation sites is 1. The highest BCUT2D eigenvalue weighted by molar-refractivity contribution is 5.72. The molecule has 3 N–H and O–H groups in total. The number of hydrogen-bond acceptors (Lipinski definition) is 5. The number of nitrogens with one attached hydrogen (secondary N) is 1. The van der Waals surface area contributed by atoms with Gasteiger partial charge in [0.05, 0.1) is 0 Å². The van der Waals surface area contributed by atoms with Crippen LogP contribution < -0.4 is 16.2 Å². The zero-order valence-electron chi connectivity index (χ0n) is 11.8. The number of nitrogen functional groups attached to an aromatic ring is 1. The molecule has 0 radical (unpaired) electrons. The first kappa shape index (κ1) is 12.9. The Morgan fingerprint density at radius 2 is 2.05 bits per heavy atom. The SMILES string of the molecule is CC(C)c1c(NN)ncnc1N1CCc2ccccc21. The van der Waals surface area contributed by atoms with Gasteiger partial charge in [-0.05, 0) is 24.0 Å². The lowest BCUT2D eigenvalue weighted by Crippen LogP contribution is -2.20. The molecular formula is C15H19N5. The van der Waals surface area contributed by atoms with Gasteiger partial charge in [0.25, 0.3) is 0 Å². The number of hydrazine groups is 1. The summed E-state index contributed by atoms with van der Waals surface area (Å²) in [7, 11) is 0. The van der Waals surface area contributed by atoms with Crippen molar-refractivity contribution in [2.75, 3.05) is 16.9 Å². The highest BCUT2D eigenvalue weighted by Gasteiger charge is 2.25. The van der Waals surface area contributed by atoms with Gasteiger partial charge in [0.1, 0.15) is 18.0 Å². The maximum Gasteiger partial charge on any atom is 0.148 e. The van der Waals surface area contributed by atoms with Gasteiger partial charge in [0, 0.05) is 17.8 Å². The lowest BCUT2D eigenvalue weighted by atomic mass is 10.0. The topological polar surface area (TPSA) is 67.1 Å². The Balaban J connectivity index is 2.12. The van der Waals surface area contributed by atoms with E-state index in [1.165, 1.54) is 11.3 Å². The summed E-state index contributed by atoms with van der Waals surface area (Å²) in [6.07, 6.45) is 2.61. The van der Waals surface area contributed by atoms with Crippen LogP contribution >= 0.6 is 0 Å². The van der Waals surface area contributed by atoms with Crippen LogP contribution in [0.2, 0.25) is 0 Å². The number of rotatable bonds is 3. The van der Waals surface area contributed by atoms with Gasteiger partial charge in [-0.1, -0.05) is 32.0 Å². The van der Waals surface area contributed by atoms with Crippen molar-refractivity contribution in [2.24, 2.45) is 5.84 Å². The number of hydrogen-bond donors (Lipinski definition) is 2. The molecule has 2 aromatic rings. The van der Waals surface area contributed by atoms with E-state index in [1.807, 2.05) is 0 Å². The van der Waals surface area contributed by atoms with Gasteiger partial charge in [-0.25, -0.2) is 15.8 Å². The summed E-state index contributed by atoms with van der Waals surface area (Å²) in [6, 6.07) is 8.46. The molecule has 2 heterocycles. The number of nitrogens with zero attached hydrogens (tertiary/aromatic N) is 3. The van der Waals surface area contributed by atoms with Crippen molar-refractivity contribution in [3.05, 3.63) is 41.7 Å². The second-order valence-electron chi connectivity index (χ2n) is 5.29. The summed E-state index contributed by atoms with van der Waals surface area (Å²) in [6.45, 7) is 5.20. The maximum absolute atomic E-state index is 5.59. The molecule has 0 saturated heterocycles. The Hall–Kier alpha value is -2.14. The Morgan fingerprint density at radius 3 is 2.80 bits per heavy atom. The molecule has 20 heavy (non-hydrogen) atoms. The van der Waals surface area contributed by atoms with E-state index in [4.69, 9.17) is 5.84 Å². The van der Waals surface area contributed by atoms with E-state index in [-0.39, 0.29) is 0 Å². The van der Waals surface area contributed by atoms with Gasteiger partial charge in [-0.15, -0.1) is 0 Å². The summed E-state index contributed by atoms with van der Waals surface area (Å²) in [5.41, 5.74) is 6.35. The van der Waals surface area contributed by atoms with Crippen molar-refractivity contribution in [3.8, 4) is 0 Å². The zero-order chi connectivity index (χ0) is 14.1. The highest BCUT2D eigenvalue weighted by atomic mass is 15.3. The summed E-state index contributed by atoms with van der Waals surface area (Å²) >= 11 is 0. The third kappa shape index (κ3) is 2.00. The van der Waals surface area contributed by atoms with E-state index in [1.54, 1.807) is 6.33 Å². The Bertz CT molecular complexity index is 623. The summed E-state index contributed by atoms with van der Waals surface area (Å²) < 4.78 is 0. The molecule has 1 aliphatic rings. The van der Waals surface area contributed by atoms with E-state index in [0.29, 0.717) is 11.7 Å². The van der Waals surface area contributed by atoms with Crippen LogP contribution in [-0.2, 0) is 6.42 Å². The zero-order valence-corrected chi connectivity index (χ0v) is 11.8. The fourth-order valence-electron chi connectivity index (χ4n) is 2.81. The predicted octanol–water partition coefficient (Wildman–Crippen LogP) is 2.58. The summed E-state index contributed by atoms with van der Waals surface area (Å²) in [5, 5.41) is 0. The minimum atomic E-state index is 0.296. The highest BCUT2D eigenvalue weighted by Crippen LogP contribution is 2.38. The predicted molar refractivity (Wildman–Crippen MR) is 81.1 cm³/mol. The molecule has 0 spiro atoms. The van der Waals surface area contributed by atoms with Crippen molar-refractivity contribution in [3.63, 3.8) is 0 Å². The molecule has 0 amide bonds. The van der Waals surface area contributed by atoms with E-state index in [0.717, 1.165) is 24.3 Å².